The normalized spacial score (nSPS) is 14.6. The summed E-state index contributed by atoms with van der Waals surface area (Å²) in [6.07, 6.45) is 0.885. The number of rotatable bonds is 6. The Hall–Kier alpha value is -4.70. The smallest absolute Gasteiger partial charge is 0.379 e. The second-order valence-corrected chi connectivity index (χ2v) is 8.49. The van der Waals surface area contributed by atoms with Crippen LogP contribution in [-0.2, 0) is 0 Å². The van der Waals surface area contributed by atoms with Crippen molar-refractivity contribution in [1.29, 1.82) is 5.26 Å². The van der Waals surface area contributed by atoms with Crippen molar-refractivity contribution in [3.63, 3.8) is 0 Å². The van der Waals surface area contributed by atoms with Crippen LogP contribution in [-0.4, -0.2) is 12.6 Å². The molecule has 180 valence electrons. The van der Waals surface area contributed by atoms with Gasteiger partial charge < -0.3 is 24.4 Å². The van der Waals surface area contributed by atoms with E-state index in [0.717, 1.165) is 22.9 Å². The van der Waals surface area contributed by atoms with Crippen LogP contribution in [0, 0.1) is 18.3 Å². The lowest BCUT2D eigenvalue weighted by Crippen LogP contribution is -2.21. The van der Waals surface area contributed by atoms with Crippen LogP contribution in [0.25, 0.3) is 11.0 Å². The predicted molar refractivity (Wildman–Crippen MR) is 134 cm³/mol. The highest BCUT2D eigenvalue weighted by Crippen LogP contribution is 2.44. The van der Waals surface area contributed by atoms with E-state index in [1.807, 2.05) is 56.3 Å². The Morgan fingerprint density at radius 1 is 1.08 bits per heavy atom. The molecule has 4 aromatic rings. The summed E-state index contributed by atoms with van der Waals surface area (Å²) in [5.74, 6) is 0.470. The highest BCUT2D eigenvalue weighted by atomic mass is 16.5. The summed E-state index contributed by atoms with van der Waals surface area (Å²) < 4.78 is 22.9. The third kappa shape index (κ3) is 4.14. The second kappa shape index (κ2) is 9.51. The number of para-hydroxylation sites is 1. The summed E-state index contributed by atoms with van der Waals surface area (Å²) >= 11 is 0. The fraction of sp³-hybridized carbons (Fsp3) is 0.172. The van der Waals surface area contributed by atoms with Crippen molar-refractivity contribution < 1.29 is 23.4 Å². The maximum atomic E-state index is 12.9. The topological polar surface area (TPSA) is 108 Å². The van der Waals surface area contributed by atoms with E-state index >= 15 is 0 Å². The van der Waals surface area contributed by atoms with Crippen LogP contribution < -0.4 is 19.9 Å². The van der Waals surface area contributed by atoms with Gasteiger partial charge in [-0.1, -0.05) is 43.3 Å². The first-order valence-electron chi connectivity index (χ1n) is 11.6. The molecule has 1 aliphatic heterocycles. The predicted octanol–water partition coefficient (Wildman–Crippen LogP) is 5.97. The number of aryl methyl sites for hydroxylation is 1. The minimum absolute atomic E-state index is 0.00600. The summed E-state index contributed by atoms with van der Waals surface area (Å²) in [6, 6.07) is 22.2. The number of carbonyl (C=O) groups is 1. The van der Waals surface area contributed by atoms with E-state index in [2.05, 4.69) is 6.07 Å². The van der Waals surface area contributed by atoms with E-state index in [1.54, 1.807) is 24.3 Å². The van der Waals surface area contributed by atoms with Crippen LogP contribution in [0.3, 0.4) is 0 Å². The number of hydrogen-bond donors (Lipinski definition) is 1. The molecule has 0 spiro atoms. The lowest BCUT2D eigenvalue weighted by molar-refractivity contribution is 0.0702. The van der Waals surface area contributed by atoms with Crippen molar-refractivity contribution in [3.8, 4) is 23.3 Å². The van der Waals surface area contributed by atoms with Crippen LogP contribution in [0.1, 0.15) is 46.5 Å². The number of nitrogens with two attached hydrogens (primary N) is 1. The highest BCUT2D eigenvalue weighted by molar-refractivity contribution is 5.96. The van der Waals surface area contributed by atoms with Gasteiger partial charge in [-0.15, -0.1) is 0 Å². The average Bonchev–Trinajstić information content (AvgIpc) is 3.23. The van der Waals surface area contributed by atoms with E-state index in [9.17, 15) is 10.1 Å². The Labute approximate surface area is 208 Å². The van der Waals surface area contributed by atoms with Crippen LogP contribution in [0.2, 0.25) is 0 Å². The first-order valence-corrected chi connectivity index (χ1v) is 11.6. The van der Waals surface area contributed by atoms with E-state index in [0.29, 0.717) is 34.8 Å². The molecule has 5 rings (SSSR count). The van der Waals surface area contributed by atoms with Gasteiger partial charge in [-0.2, -0.15) is 5.26 Å². The van der Waals surface area contributed by atoms with Gasteiger partial charge in [0.2, 0.25) is 11.6 Å². The van der Waals surface area contributed by atoms with Crippen molar-refractivity contribution in [2.75, 3.05) is 6.61 Å². The number of nitrogens with zero attached hydrogens (tertiary/aromatic N) is 1. The maximum Gasteiger partial charge on any atom is 0.379 e. The largest absolute Gasteiger partial charge is 0.494 e. The molecule has 0 bridgehead atoms. The molecule has 7 nitrogen and oxygen atoms in total. The number of allylic oxidation sites excluding steroid dienone is 1. The quantitative estimate of drug-likeness (QED) is 0.268. The molecule has 1 aliphatic rings. The second-order valence-electron chi connectivity index (χ2n) is 8.49. The van der Waals surface area contributed by atoms with Gasteiger partial charge in [0.15, 0.2) is 0 Å². The van der Waals surface area contributed by atoms with Gasteiger partial charge in [0, 0.05) is 22.6 Å². The van der Waals surface area contributed by atoms with Crippen molar-refractivity contribution in [2.45, 2.75) is 26.2 Å². The zero-order valence-electron chi connectivity index (χ0n) is 19.9. The van der Waals surface area contributed by atoms with E-state index < -0.39 is 11.9 Å². The maximum absolute atomic E-state index is 12.9. The molecule has 2 heterocycles. The minimum Gasteiger partial charge on any atom is -0.494 e. The van der Waals surface area contributed by atoms with E-state index in [4.69, 9.17) is 24.4 Å². The van der Waals surface area contributed by atoms with Crippen molar-refractivity contribution in [3.05, 3.63) is 101 Å². The van der Waals surface area contributed by atoms with E-state index in [-0.39, 0.29) is 17.4 Å². The number of carbonyl (C=O) groups excluding carboxylic acids is 1. The zero-order valence-corrected chi connectivity index (χ0v) is 19.9. The molecule has 7 heteroatoms. The lowest BCUT2D eigenvalue weighted by atomic mass is 9.83. The fourth-order valence-corrected chi connectivity index (χ4v) is 4.37. The van der Waals surface area contributed by atoms with Gasteiger partial charge in [0.25, 0.3) is 0 Å². The number of hydrogen-bond acceptors (Lipinski definition) is 7. The number of benzene rings is 3. The Morgan fingerprint density at radius 2 is 1.92 bits per heavy atom. The van der Waals surface area contributed by atoms with Gasteiger partial charge in [0.05, 0.1) is 12.5 Å². The molecule has 0 amide bonds. The van der Waals surface area contributed by atoms with Crippen LogP contribution in [0.5, 0.6) is 17.2 Å². The molecule has 0 aliphatic carbocycles. The van der Waals surface area contributed by atoms with Crippen LogP contribution in [0.4, 0.5) is 0 Å². The molecular formula is C29H24N2O5. The Balaban J connectivity index is 1.47. The Bertz CT molecular complexity index is 1540. The fourth-order valence-electron chi connectivity index (χ4n) is 4.37. The third-order valence-corrected chi connectivity index (χ3v) is 6.09. The summed E-state index contributed by atoms with van der Waals surface area (Å²) in [5.41, 5.74) is 9.34. The first-order chi connectivity index (χ1) is 17.5. The first kappa shape index (κ1) is 23.1. The Kier molecular flexibility index (Phi) is 6.09. The van der Waals surface area contributed by atoms with E-state index in [1.165, 1.54) is 0 Å². The molecule has 3 aromatic carbocycles. The molecule has 1 aromatic heterocycles. The molecule has 1 atom stereocenters. The molecule has 2 N–H and O–H groups in total. The summed E-state index contributed by atoms with van der Waals surface area (Å²) in [4.78, 5) is 12.9. The van der Waals surface area contributed by atoms with Gasteiger partial charge in [-0.3, -0.25) is 0 Å². The number of nitriles is 1. The van der Waals surface area contributed by atoms with Crippen molar-refractivity contribution >= 4 is 16.9 Å². The number of esters is 1. The molecule has 0 radical (unpaired) electrons. The molecule has 36 heavy (non-hydrogen) atoms. The number of furan rings is 1. The van der Waals surface area contributed by atoms with Gasteiger partial charge in [0.1, 0.15) is 34.5 Å². The minimum atomic E-state index is -0.613. The van der Waals surface area contributed by atoms with Crippen molar-refractivity contribution in [1.82, 2.24) is 0 Å². The molecule has 1 unspecified atom stereocenters. The average molecular weight is 481 g/mol. The molecule has 0 fully saturated rings. The summed E-state index contributed by atoms with van der Waals surface area (Å²) in [6.45, 7) is 4.45. The van der Waals surface area contributed by atoms with Gasteiger partial charge in [-0.25, -0.2) is 4.79 Å². The standard InChI is InChI=1S/C29H24N2O5/c1-3-13-33-19-8-6-7-18(14-19)26-22-12-11-20(15-25(22)36-28(31)23(26)16-30)34-29(32)27-17(2)21-9-4-5-10-24(21)35-27/h4-12,14-15,26H,3,13,31H2,1-2H3. The lowest BCUT2D eigenvalue weighted by Gasteiger charge is -2.27. The molecule has 0 saturated carbocycles. The zero-order chi connectivity index (χ0) is 25.2. The monoisotopic (exact) mass is 480 g/mol. The number of ether oxygens (including phenoxy) is 3. The van der Waals surface area contributed by atoms with Gasteiger partial charge in [-0.05, 0) is 43.2 Å². The number of fused-ring (bicyclic) bond motifs is 2. The summed E-state index contributed by atoms with van der Waals surface area (Å²) in [7, 11) is 0. The van der Waals surface area contributed by atoms with Gasteiger partial charge >= 0.3 is 5.97 Å². The third-order valence-electron chi connectivity index (χ3n) is 6.09. The van der Waals surface area contributed by atoms with Crippen LogP contribution >= 0.6 is 0 Å². The SMILES string of the molecule is CCCOc1cccc(C2C(C#N)=C(N)Oc3cc(OC(=O)c4oc5ccccc5c4C)ccc32)c1. The van der Waals surface area contributed by atoms with Crippen LogP contribution in [0.15, 0.2) is 82.6 Å². The summed E-state index contributed by atoms with van der Waals surface area (Å²) in [5, 5.41) is 10.7. The highest BCUT2D eigenvalue weighted by Gasteiger charge is 2.31. The Morgan fingerprint density at radius 3 is 2.69 bits per heavy atom. The molecule has 0 saturated heterocycles. The van der Waals surface area contributed by atoms with Crippen molar-refractivity contribution in [2.24, 2.45) is 5.73 Å². The molecular weight excluding hydrogens is 456 g/mol.